The van der Waals surface area contributed by atoms with Crippen LogP contribution in [0.25, 0.3) is 5.65 Å². The van der Waals surface area contributed by atoms with E-state index in [2.05, 4.69) is 10.1 Å². The Balaban J connectivity index is 2.84. The number of hydrogen-bond donors (Lipinski definition) is 1. The fraction of sp³-hybridized carbons (Fsp3) is 0.222. The van der Waals surface area contributed by atoms with Gasteiger partial charge in [-0.25, -0.2) is 9.50 Å². The van der Waals surface area contributed by atoms with E-state index in [0.717, 1.165) is 5.69 Å². The molecule has 2 rings (SSSR count). The fourth-order valence-electron chi connectivity index (χ4n) is 1.29. The smallest absolute Gasteiger partial charge is 0.273 e. The van der Waals surface area contributed by atoms with Crippen LogP contribution in [-0.2, 0) is 0 Å². The number of carbonyl (C=O) groups is 1. The minimum Gasteiger partial charge on any atom is -0.294 e. The second-order valence-electron chi connectivity index (χ2n) is 3.17. The molecule has 0 aliphatic carbocycles. The molecule has 0 radical (unpaired) electrons. The van der Waals surface area contributed by atoms with Gasteiger partial charge in [0, 0.05) is 24.8 Å². The summed E-state index contributed by atoms with van der Waals surface area (Å²) in [6.07, 6.45) is 0. The van der Waals surface area contributed by atoms with Crippen molar-refractivity contribution in [3.05, 3.63) is 33.9 Å². The highest BCUT2D eigenvalue weighted by atomic mass is 16.1. The molecule has 0 unspecified atom stereocenters. The van der Waals surface area contributed by atoms with Crippen LogP contribution in [0.1, 0.15) is 23.1 Å². The topological polar surface area (TPSA) is 67.2 Å². The molecule has 0 aliphatic heterocycles. The average molecular weight is 191 g/mol. The molecule has 5 nitrogen and oxygen atoms in total. The van der Waals surface area contributed by atoms with Gasteiger partial charge in [-0.2, -0.15) is 0 Å². The summed E-state index contributed by atoms with van der Waals surface area (Å²) in [5, 5.41) is 2.82. The molecule has 2 aromatic rings. The summed E-state index contributed by atoms with van der Waals surface area (Å²) in [6, 6.07) is 2.94. The molecule has 2 aromatic heterocycles. The van der Waals surface area contributed by atoms with Gasteiger partial charge in [-0.1, -0.05) is 0 Å². The van der Waals surface area contributed by atoms with E-state index < -0.39 is 0 Å². The lowest BCUT2D eigenvalue weighted by molar-refractivity contribution is 0.101. The Bertz CT molecular complexity index is 565. The van der Waals surface area contributed by atoms with E-state index in [0.29, 0.717) is 5.65 Å². The van der Waals surface area contributed by atoms with Crippen LogP contribution in [0.4, 0.5) is 0 Å². The molecule has 0 fully saturated rings. The Morgan fingerprint density at radius 2 is 2.21 bits per heavy atom. The van der Waals surface area contributed by atoms with E-state index in [-0.39, 0.29) is 17.0 Å². The number of carbonyl (C=O) groups excluding carboxylic acids is 1. The third kappa shape index (κ3) is 1.22. The van der Waals surface area contributed by atoms with E-state index in [1.807, 2.05) is 6.92 Å². The van der Waals surface area contributed by atoms with E-state index >= 15 is 0 Å². The van der Waals surface area contributed by atoms with Crippen molar-refractivity contribution in [1.82, 2.24) is 14.6 Å². The van der Waals surface area contributed by atoms with E-state index in [1.165, 1.54) is 17.5 Å². The van der Waals surface area contributed by atoms with E-state index in [1.54, 1.807) is 6.07 Å². The molecular formula is C9H9N3O2. The Kier molecular flexibility index (Phi) is 1.73. The molecule has 0 spiro atoms. The number of Topliss-reactive ketones (excluding diaryl/α,β-unsaturated/α-hetero) is 1. The second kappa shape index (κ2) is 2.80. The molecular weight excluding hydrogens is 182 g/mol. The summed E-state index contributed by atoms with van der Waals surface area (Å²) >= 11 is 0. The highest BCUT2D eigenvalue weighted by Crippen LogP contribution is 2.01. The van der Waals surface area contributed by atoms with Gasteiger partial charge < -0.3 is 0 Å². The zero-order chi connectivity index (χ0) is 10.3. The van der Waals surface area contributed by atoms with Crippen LogP contribution in [0, 0.1) is 6.92 Å². The van der Waals surface area contributed by atoms with Gasteiger partial charge in [0.2, 0.25) is 0 Å². The van der Waals surface area contributed by atoms with E-state index in [9.17, 15) is 9.59 Å². The maximum atomic E-state index is 11.5. The van der Waals surface area contributed by atoms with Crippen molar-refractivity contribution >= 4 is 11.4 Å². The Morgan fingerprint density at radius 1 is 1.50 bits per heavy atom. The van der Waals surface area contributed by atoms with Crippen LogP contribution in [0.2, 0.25) is 0 Å². The molecule has 72 valence electrons. The first-order valence-electron chi connectivity index (χ1n) is 4.18. The first kappa shape index (κ1) is 8.68. The third-order valence-corrected chi connectivity index (χ3v) is 1.94. The summed E-state index contributed by atoms with van der Waals surface area (Å²) in [7, 11) is 0. The molecule has 0 aromatic carbocycles. The predicted molar refractivity (Wildman–Crippen MR) is 50.6 cm³/mol. The number of nitrogens with zero attached hydrogens (tertiary/aromatic N) is 2. The molecule has 0 saturated carbocycles. The lowest BCUT2D eigenvalue weighted by Gasteiger charge is -1.94. The zero-order valence-corrected chi connectivity index (χ0v) is 7.87. The van der Waals surface area contributed by atoms with Crippen molar-refractivity contribution < 1.29 is 4.79 Å². The van der Waals surface area contributed by atoms with Gasteiger partial charge in [-0.3, -0.25) is 14.7 Å². The summed E-state index contributed by atoms with van der Waals surface area (Å²) < 4.78 is 1.31. The van der Waals surface area contributed by atoms with Crippen LogP contribution in [-0.4, -0.2) is 20.4 Å². The van der Waals surface area contributed by atoms with Gasteiger partial charge >= 0.3 is 0 Å². The summed E-state index contributed by atoms with van der Waals surface area (Å²) in [5.41, 5.74) is 1.23. The standard InChI is InChI=1S/C9H9N3O2/c1-5-3-8-10-7(6(2)13)4-9(14)12(8)11-5/h3-4,11H,1-2H3. The van der Waals surface area contributed by atoms with Crippen molar-refractivity contribution in [2.24, 2.45) is 0 Å². The largest absolute Gasteiger partial charge is 0.294 e. The van der Waals surface area contributed by atoms with Gasteiger partial charge in [0.1, 0.15) is 5.69 Å². The number of fused-ring (bicyclic) bond motifs is 1. The van der Waals surface area contributed by atoms with Crippen molar-refractivity contribution in [3.8, 4) is 0 Å². The molecule has 2 heterocycles. The minimum absolute atomic E-state index is 0.203. The highest BCUT2D eigenvalue weighted by Gasteiger charge is 2.07. The number of aryl methyl sites for hydroxylation is 1. The lowest BCUT2D eigenvalue weighted by atomic mass is 10.3. The van der Waals surface area contributed by atoms with Crippen LogP contribution in [0.15, 0.2) is 16.9 Å². The van der Waals surface area contributed by atoms with Gasteiger partial charge in [0.25, 0.3) is 5.56 Å². The van der Waals surface area contributed by atoms with Crippen molar-refractivity contribution in [3.63, 3.8) is 0 Å². The number of aromatic amines is 1. The average Bonchev–Trinajstić information content (AvgIpc) is 2.45. The molecule has 0 bridgehead atoms. The minimum atomic E-state index is -0.270. The zero-order valence-electron chi connectivity index (χ0n) is 7.87. The number of aromatic nitrogens is 3. The summed E-state index contributed by atoms with van der Waals surface area (Å²) in [4.78, 5) is 26.5. The SMILES string of the molecule is CC(=O)c1cc(=O)n2[nH]c(C)cc2n1. The highest BCUT2D eigenvalue weighted by molar-refractivity contribution is 5.92. The predicted octanol–water partition coefficient (Wildman–Crippen LogP) is 0.534. The first-order valence-corrected chi connectivity index (χ1v) is 4.18. The number of H-pyrrole nitrogens is 1. The Hall–Kier alpha value is -1.91. The van der Waals surface area contributed by atoms with Crippen molar-refractivity contribution in [2.45, 2.75) is 13.8 Å². The number of hydrogen-bond acceptors (Lipinski definition) is 3. The first-order chi connectivity index (χ1) is 6.58. The summed E-state index contributed by atoms with van der Waals surface area (Å²) in [6.45, 7) is 3.21. The molecule has 5 heteroatoms. The maximum Gasteiger partial charge on any atom is 0.273 e. The fourth-order valence-corrected chi connectivity index (χ4v) is 1.29. The van der Waals surface area contributed by atoms with Crippen LogP contribution in [0.5, 0.6) is 0 Å². The Labute approximate surface area is 79.4 Å². The van der Waals surface area contributed by atoms with Gasteiger partial charge in [0.15, 0.2) is 11.4 Å². The lowest BCUT2D eigenvalue weighted by Crippen LogP contribution is -2.16. The maximum absolute atomic E-state index is 11.5. The molecule has 14 heavy (non-hydrogen) atoms. The quantitative estimate of drug-likeness (QED) is 0.669. The molecule has 1 N–H and O–H groups in total. The molecule has 0 aliphatic rings. The molecule has 0 amide bonds. The number of nitrogens with one attached hydrogen (secondary N) is 1. The third-order valence-electron chi connectivity index (χ3n) is 1.94. The number of rotatable bonds is 1. The van der Waals surface area contributed by atoms with Crippen molar-refractivity contribution in [2.75, 3.05) is 0 Å². The molecule has 0 saturated heterocycles. The van der Waals surface area contributed by atoms with Gasteiger partial charge in [0.05, 0.1) is 0 Å². The van der Waals surface area contributed by atoms with Crippen LogP contribution >= 0.6 is 0 Å². The summed E-state index contributed by atoms with van der Waals surface area (Å²) in [5.74, 6) is -0.205. The Morgan fingerprint density at radius 3 is 2.86 bits per heavy atom. The van der Waals surface area contributed by atoms with Crippen LogP contribution < -0.4 is 5.56 Å². The molecule has 0 atom stereocenters. The normalized spacial score (nSPS) is 10.7. The van der Waals surface area contributed by atoms with Gasteiger partial charge in [-0.05, 0) is 6.92 Å². The second-order valence-corrected chi connectivity index (χ2v) is 3.17. The number of ketones is 1. The van der Waals surface area contributed by atoms with E-state index in [4.69, 9.17) is 0 Å². The van der Waals surface area contributed by atoms with Crippen molar-refractivity contribution in [1.29, 1.82) is 0 Å². The van der Waals surface area contributed by atoms with Crippen LogP contribution in [0.3, 0.4) is 0 Å². The monoisotopic (exact) mass is 191 g/mol. The van der Waals surface area contributed by atoms with Gasteiger partial charge in [-0.15, -0.1) is 0 Å².